The van der Waals surface area contributed by atoms with E-state index in [-0.39, 0.29) is 29.9 Å². The largest absolute Gasteiger partial charge is 0.465 e. The van der Waals surface area contributed by atoms with Gasteiger partial charge in [-0.05, 0) is 36.5 Å². The van der Waals surface area contributed by atoms with Crippen molar-refractivity contribution in [2.45, 2.75) is 33.7 Å². The average molecular weight is 445 g/mol. The molecule has 1 aliphatic heterocycles. The molecular formula is C18H28IN3O2. The lowest BCUT2D eigenvalue weighted by molar-refractivity contribution is 0.0600. The van der Waals surface area contributed by atoms with Crippen molar-refractivity contribution in [3.8, 4) is 0 Å². The van der Waals surface area contributed by atoms with E-state index in [1.807, 2.05) is 12.1 Å². The maximum absolute atomic E-state index is 11.4. The van der Waals surface area contributed by atoms with Crippen LogP contribution in [0, 0.1) is 5.41 Å². The van der Waals surface area contributed by atoms with Crippen LogP contribution in [0.15, 0.2) is 29.3 Å². The molecule has 1 N–H and O–H groups in total. The predicted octanol–water partition coefficient (Wildman–Crippen LogP) is 3.29. The highest BCUT2D eigenvalue weighted by atomic mass is 127. The highest BCUT2D eigenvalue weighted by molar-refractivity contribution is 14.0. The highest BCUT2D eigenvalue weighted by Crippen LogP contribution is 2.28. The molecule has 1 saturated heterocycles. The molecule has 1 aromatic carbocycles. The molecule has 134 valence electrons. The summed E-state index contributed by atoms with van der Waals surface area (Å²) in [6.07, 6.45) is 1.19. The summed E-state index contributed by atoms with van der Waals surface area (Å²) in [5, 5.41) is 3.37. The number of carbonyl (C=O) groups excluding carboxylic acids is 1. The summed E-state index contributed by atoms with van der Waals surface area (Å²) in [5.41, 5.74) is 1.98. The Morgan fingerprint density at radius 3 is 2.50 bits per heavy atom. The molecule has 1 fully saturated rings. The van der Waals surface area contributed by atoms with E-state index in [2.05, 4.69) is 31.0 Å². The number of benzene rings is 1. The fourth-order valence-corrected chi connectivity index (χ4v) is 2.75. The van der Waals surface area contributed by atoms with Gasteiger partial charge in [0.15, 0.2) is 5.96 Å². The second-order valence-corrected chi connectivity index (χ2v) is 6.69. The first-order chi connectivity index (χ1) is 10.9. The van der Waals surface area contributed by atoms with Gasteiger partial charge in [0.25, 0.3) is 0 Å². The molecule has 0 radical (unpaired) electrons. The molecule has 0 spiro atoms. The van der Waals surface area contributed by atoms with Crippen molar-refractivity contribution in [1.29, 1.82) is 0 Å². The van der Waals surface area contributed by atoms with Crippen LogP contribution in [-0.2, 0) is 11.3 Å². The van der Waals surface area contributed by atoms with E-state index in [4.69, 9.17) is 9.73 Å². The van der Waals surface area contributed by atoms with Crippen molar-refractivity contribution < 1.29 is 9.53 Å². The van der Waals surface area contributed by atoms with Crippen LogP contribution >= 0.6 is 24.0 Å². The third kappa shape index (κ3) is 5.65. The number of halogens is 1. The number of guanidine groups is 1. The third-order valence-corrected chi connectivity index (χ3v) is 4.10. The number of carbonyl (C=O) groups is 1. The van der Waals surface area contributed by atoms with Crippen LogP contribution in [0.3, 0.4) is 0 Å². The van der Waals surface area contributed by atoms with Crippen LogP contribution in [-0.4, -0.2) is 43.6 Å². The Labute approximate surface area is 161 Å². The molecule has 5 nitrogen and oxygen atoms in total. The van der Waals surface area contributed by atoms with E-state index in [0.717, 1.165) is 31.2 Å². The second-order valence-electron chi connectivity index (χ2n) is 6.69. The maximum Gasteiger partial charge on any atom is 0.337 e. The van der Waals surface area contributed by atoms with E-state index in [0.29, 0.717) is 17.5 Å². The molecule has 0 aliphatic carbocycles. The zero-order chi connectivity index (χ0) is 16.9. The average Bonchev–Trinajstić information content (AvgIpc) is 2.91. The number of hydrogen-bond acceptors (Lipinski definition) is 3. The Kier molecular flexibility index (Phi) is 7.99. The molecule has 0 bridgehead atoms. The van der Waals surface area contributed by atoms with Gasteiger partial charge in [-0.15, -0.1) is 24.0 Å². The van der Waals surface area contributed by atoms with Crippen LogP contribution in [0.2, 0.25) is 0 Å². The Hall–Kier alpha value is -1.31. The number of hydrogen-bond donors (Lipinski definition) is 1. The molecule has 1 heterocycles. The topological polar surface area (TPSA) is 53.9 Å². The van der Waals surface area contributed by atoms with Gasteiger partial charge in [-0.25, -0.2) is 9.79 Å². The lowest BCUT2D eigenvalue weighted by Crippen LogP contribution is -2.40. The van der Waals surface area contributed by atoms with Gasteiger partial charge in [-0.3, -0.25) is 0 Å². The van der Waals surface area contributed by atoms with Gasteiger partial charge in [0.2, 0.25) is 0 Å². The fourth-order valence-electron chi connectivity index (χ4n) is 2.75. The van der Waals surface area contributed by atoms with Gasteiger partial charge in [0.1, 0.15) is 0 Å². The van der Waals surface area contributed by atoms with Crippen LogP contribution in [0.5, 0.6) is 0 Å². The summed E-state index contributed by atoms with van der Waals surface area (Å²) in [7, 11) is 1.39. The normalized spacial score (nSPS) is 16.5. The molecule has 0 unspecified atom stereocenters. The minimum atomic E-state index is -0.312. The van der Waals surface area contributed by atoms with Crippen LogP contribution in [0.25, 0.3) is 0 Å². The molecular weight excluding hydrogens is 417 g/mol. The predicted molar refractivity (Wildman–Crippen MR) is 108 cm³/mol. The first-order valence-corrected chi connectivity index (χ1v) is 8.16. The minimum Gasteiger partial charge on any atom is -0.465 e. The lowest BCUT2D eigenvalue weighted by atomic mass is 9.93. The zero-order valence-electron chi connectivity index (χ0n) is 15.0. The molecule has 0 atom stereocenters. The Balaban J connectivity index is 0.00000288. The number of aliphatic imine (C=N–C) groups is 1. The number of nitrogens with zero attached hydrogens (tertiary/aromatic N) is 2. The van der Waals surface area contributed by atoms with Crippen molar-refractivity contribution in [3.05, 3.63) is 35.4 Å². The molecule has 0 aromatic heterocycles. The Morgan fingerprint density at radius 2 is 2.00 bits per heavy atom. The second kappa shape index (κ2) is 9.25. The zero-order valence-corrected chi connectivity index (χ0v) is 17.3. The number of esters is 1. The molecule has 2 rings (SSSR count). The van der Waals surface area contributed by atoms with E-state index in [1.165, 1.54) is 13.5 Å². The number of nitrogens with one attached hydrogen (secondary N) is 1. The van der Waals surface area contributed by atoms with Crippen LogP contribution in [0.4, 0.5) is 0 Å². The molecule has 6 heteroatoms. The summed E-state index contributed by atoms with van der Waals surface area (Å²) in [6.45, 7) is 10.2. The van der Waals surface area contributed by atoms with Crippen molar-refractivity contribution in [2.24, 2.45) is 10.4 Å². The highest BCUT2D eigenvalue weighted by Gasteiger charge is 2.30. The van der Waals surface area contributed by atoms with Crippen molar-refractivity contribution in [1.82, 2.24) is 10.2 Å². The summed E-state index contributed by atoms with van der Waals surface area (Å²) in [6, 6.07) is 7.41. The Morgan fingerprint density at radius 1 is 1.33 bits per heavy atom. The van der Waals surface area contributed by atoms with Crippen molar-refractivity contribution in [2.75, 3.05) is 26.7 Å². The third-order valence-electron chi connectivity index (χ3n) is 4.10. The monoisotopic (exact) mass is 445 g/mol. The van der Waals surface area contributed by atoms with Gasteiger partial charge >= 0.3 is 5.97 Å². The molecule has 1 aromatic rings. The molecule has 1 aliphatic rings. The summed E-state index contributed by atoms with van der Waals surface area (Å²) in [5.74, 6) is 0.655. The van der Waals surface area contributed by atoms with E-state index < -0.39 is 0 Å². The van der Waals surface area contributed by atoms with Crippen molar-refractivity contribution in [3.63, 3.8) is 0 Å². The van der Waals surface area contributed by atoms with E-state index in [1.54, 1.807) is 12.1 Å². The summed E-state index contributed by atoms with van der Waals surface area (Å²) >= 11 is 0. The summed E-state index contributed by atoms with van der Waals surface area (Å²) < 4.78 is 4.71. The lowest BCUT2D eigenvalue weighted by Gasteiger charge is -2.23. The van der Waals surface area contributed by atoms with Crippen LogP contribution in [0.1, 0.15) is 43.1 Å². The first-order valence-electron chi connectivity index (χ1n) is 8.16. The number of ether oxygens (including phenoxy) is 1. The van der Waals surface area contributed by atoms with Gasteiger partial charge in [0, 0.05) is 19.6 Å². The summed E-state index contributed by atoms with van der Waals surface area (Å²) in [4.78, 5) is 18.5. The molecule has 24 heavy (non-hydrogen) atoms. The van der Waals surface area contributed by atoms with E-state index in [9.17, 15) is 4.79 Å². The number of methoxy groups -OCH3 is 1. The SMILES string of the molecule is CCNC(=NCc1ccc(C(=O)OC)cc1)N1CCC(C)(C)C1.I. The smallest absolute Gasteiger partial charge is 0.337 e. The van der Waals surface area contributed by atoms with Gasteiger partial charge in [-0.2, -0.15) is 0 Å². The fraction of sp³-hybridized carbons (Fsp3) is 0.556. The quantitative estimate of drug-likeness (QED) is 0.335. The first kappa shape index (κ1) is 20.7. The Bertz CT molecular complexity index is 570. The van der Waals surface area contributed by atoms with Gasteiger partial charge in [-0.1, -0.05) is 26.0 Å². The van der Waals surface area contributed by atoms with Crippen molar-refractivity contribution >= 4 is 35.9 Å². The number of rotatable bonds is 4. The minimum absolute atomic E-state index is 0. The molecule has 0 amide bonds. The standard InChI is InChI=1S/C18H27N3O2.HI/c1-5-19-17(21-11-10-18(2,3)13-21)20-12-14-6-8-15(9-7-14)16(22)23-4;/h6-9H,5,10-13H2,1-4H3,(H,19,20);1H. The molecule has 0 saturated carbocycles. The number of likely N-dealkylation sites (tertiary alicyclic amines) is 1. The van der Waals surface area contributed by atoms with E-state index >= 15 is 0 Å². The van der Waals surface area contributed by atoms with Gasteiger partial charge in [0.05, 0.1) is 19.2 Å². The maximum atomic E-state index is 11.4. The van der Waals surface area contributed by atoms with Crippen LogP contribution < -0.4 is 5.32 Å². The van der Waals surface area contributed by atoms with Gasteiger partial charge < -0.3 is 15.0 Å².